The minimum atomic E-state index is -0.230. The maximum atomic E-state index is 12.4. The van der Waals surface area contributed by atoms with Crippen molar-refractivity contribution >= 4 is 5.91 Å². The first kappa shape index (κ1) is 18.4. The summed E-state index contributed by atoms with van der Waals surface area (Å²) in [5.41, 5.74) is 2.21. The van der Waals surface area contributed by atoms with Gasteiger partial charge in [-0.3, -0.25) is 9.78 Å². The molecule has 1 N–H and O–H groups in total. The maximum absolute atomic E-state index is 12.4. The van der Waals surface area contributed by atoms with E-state index in [1.165, 1.54) is 0 Å². The molecule has 0 fully saturated rings. The zero-order valence-corrected chi connectivity index (χ0v) is 15.1. The summed E-state index contributed by atoms with van der Waals surface area (Å²) in [5, 5.41) is 2.89. The van der Waals surface area contributed by atoms with Crippen LogP contribution < -0.4 is 14.8 Å². The van der Waals surface area contributed by atoms with E-state index in [9.17, 15) is 4.79 Å². The lowest BCUT2D eigenvalue weighted by atomic mass is 10.2. The Balaban J connectivity index is 1.59. The van der Waals surface area contributed by atoms with Crippen molar-refractivity contribution in [1.29, 1.82) is 0 Å². The molecule has 6 nitrogen and oxygen atoms in total. The highest BCUT2D eigenvalue weighted by Gasteiger charge is 2.13. The summed E-state index contributed by atoms with van der Waals surface area (Å²) in [4.78, 5) is 20.8. The minimum Gasteiger partial charge on any atom is -0.487 e. The van der Waals surface area contributed by atoms with Crippen LogP contribution in [0.1, 0.15) is 28.5 Å². The Labute approximate surface area is 158 Å². The molecule has 3 aromatic rings. The van der Waals surface area contributed by atoms with Crippen LogP contribution in [0.4, 0.5) is 0 Å². The number of carbonyl (C=O) groups excluding carboxylic acids is 1. The van der Waals surface area contributed by atoms with Gasteiger partial charge in [-0.05, 0) is 48.9 Å². The number of benzene rings is 1. The molecule has 0 saturated heterocycles. The predicted molar refractivity (Wildman–Crippen MR) is 102 cm³/mol. The van der Waals surface area contributed by atoms with Gasteiger partial charge in [-0.25, -0.2) is 4.98 Å². The van der Waals surface area contributed by atoms with Crippen molar-refractivity contribution in [2.24, 2.45) is 0 Å². The van der Waals surface area contributed by atoms with Gasteiger partial charge in [0.2, 0.25) is 5.88 Å². The van der Waals surface area contributed by atoms with Crippen molar-refractivity contribution in [2.45, 2.75) is 20.1 Å². The third kappa shape index (κ3) is 5.28. The summed E-state index contributed by atoms with van der Waals surface area (Å²) in [6.45, 7) is 3.07. The zero-order chi connectivity index (χ0) is 18.9. The van der Waals surface area contributed by atoms with Gasteiger partial charge in [0.25, 0.3) is 5.91 Å². The number of amides is 1. The fourth-order valence-corrected chi connectivity index (χ4v) is 2.48. The van der Waals surface area contributed by atoms with Gasteiger partial charge < -0.3 is 14.8 Å². The first-order valence-electron chi connectivity index (χ1n) is 8.74. The number of nitrogens with one attached hydrogen (secondary N) is 1. The molecule has 6 heteroatoms. The molecule has 0 aliphatic heterocycles. The molecule has 3 rings (SSSR count). The first-order valence-corrected chi connectivity index (χ1v) is 8.74. The summed E-state index contributed by atoms with van der Waals surface area (Å²) in [7, 11) is 0. The third-order valence-electron chi connectivity index (χ3n) is 3.76. The third-order valence-corrected chi connectivity index (χ3v) is 3.76. The summed E-state index contributed by atoms with van der Waals surface area (Å²) in [6.07, 6.45) is 3.34. The molecule has 2 heterocycles. The van der Waals surface area contributed by atoms with Gasteiger partial charge >= 0.3 is 0 Å². The van der Waals surface area contributed by atoms with Gasteiger partial charge in [-0.2, -0.15) is 0 Å². The van der Waals surface area contributed by atoms with E-state index in [0.717, 1.165) is 17.0 Å². The van der Waals surface area contributed by atoms with Crippen LogP contribution >= 0.6 is 0 Å². The zero-order valence-electron chi connectivity index (χ0n) is 15.1. The number of pyridine rings is 2. The van der Waals surface area contributed by atoms with E-state index < -0.39 is 0 Å². The van der Waals surface area contributed by atoms with Crippen molar-refractivity contribution in [3.8, 4) is 11.6 Å². The Kier molecular flexibility index (Phi) is 6.35. The lowest BCUT2D eigenvalue weighted by Crippen LogP contribution is -2.23. The van der Waals surface area contributed by atoms with E-state index in [2.05, 4.69) is 15.3 Å². The average molecular weight is 363 g/mol. The van der Waals surface area contributed by atoms with E-state index >= 15 is 0 Å². The van der Waals surface area contributed by atoms with E-state index in [-0.39, 0.29) is 5.91 Å². The minimum absolute atomic E-state index is 0.230. The summed E-state index contributed by atoms with van der Waals surface area (Å²) in [5.74, 6) is 0.833. The highest BCUT2D eigenvalue weighted by Crippen LogP contribution is 2.16. The number of aromatic nitrogens is 2. The average Bonchev–Trinajstić information content (AvgIpc) is 2.72. The smallest absolute Gasteiger partial charge is 0.257 e. The second kappa shape index (κ2) is 9.33. The van der Waals surface area contributed by atoms with Gasteiger partial charge in [-0.1, -0.05) is 18.2 Å². The van der Waals surface area contributed by atoms with Gasteiger partial charge in [0, 0.05) is 18.9 Å². The Morgan fingerprint density at radius 1 is 1.00 bits per heavy atom. The van der Waals surface area contributed by atoms with Crippen LogP contribution in [0, 0.1) is 0 Å². The largest absolute Gasteiger partial charge is 0.487 e. The molecule has 0 radical (unpaired) electrons. The molecular formula is C21H21N3O3. The Bertz CT molecular complexity index is 885. The molecule has 0 saturated carbocycles. The van der Waals surface area contributed by atoms with Crippen LogP contribution in [0.5, 0.6) is 11.6 Å². The van der Waals surface area contributed by atoms with Crippen LogP contribution in [-0.2, 0) is 13.2 Å². The Morgan fingerprint density at radius 2 is 1.89 bits per heavy atom. The summed E-state index contributed by atoms with van der Waals surface area (Å²) < 4.78 is 11.2. The fraction of sp³-hybridized carbons (Fsp3) is 0.190. The standard InChI is InChI=1S/C21H21N3O3/c1-2-26-21-19(10-6-12-23-21)20(25)24-14-16-7-5-9-18(13-16)27-15-17-8-3-4-11-22-17/h3-13H,2,14-15H2,1H3,(H,24,25). The van der Waals surface area contributed by atoms with Crippen molar-refractivity contribution in [3.05, 3.63) is 83.8 Å². The monoisotopic (exact) mass is 363 g/mol. The van der Waals surface area contributed by atoms with Gasteiger partial charge in [0.15, 0.2) is 0 Å². The van der Waals surface area contributed by atoms with Crippen LogP contribution in [-0.4, -0.2) is 22.5 Å². The second-order valence-corrected chi connectivity index (χ2v) is 5.73. The highest BCUT2D eigenvalue weighted by molar-refractivity contribution is 5.96. The number of nitrogens with zero attached hydrogens (tertiary/aromatic N) is 2. The number of rotatable bonds is 8. The molecule has 1 amide bonds. The highest BCUT2D eigenvalue weighted by atomic mass is 16.5. The van der Waals surface area contributed by atoms with Crippen LogP contribution in [0.2, 0.25) is 0 Å². The van der Waals surface area contributed by atoms with Gasteiger partial charge in [0.05, 0.1) is 12.3 Å². The maximum Gasteiger partial charge on any atom is 0.257 e. The molecule has 27 heavy (non-hydrogen) atoms. The molecular weight excluding hydrogens is 342 g/mol. The lowest BCUT2D eigenvalue weighted by molar-refractivity contribution is 0.0946. The Hall–Kier alpha value is -3.41. The molecule has 1 aromatic carbocycles. The van der Waals surface area contributed by atoms with Crippen LogP contribution in [0.3, 0.4) is 0 Å². The van der Waals surface area contributed by atoms with E-state index in [4.69, 9.17) is 9.47 Å². The summed E-state index contributed by atoms with van der Waals surface area (Å²) in [6, 6.07) is 16.7. The van der Waals surface area contributed by atoms with Gasteiger partial charge in [0.1, 0.15) is 17.9 Å². The van der Waals surface area contributed by atoms with Crippen molar-refractivity contribution < 1.29 is 14.3 Å². The number of carbonyl (C=O) groups is 1. The van der Waals surface area contributed by atoms with E-state index in [1.807, 2.05) is 49.4 Å². The normalized spacial score (nSPS) is 10.3. The van der Waals surface area contributed by atoms with Crippen LogP contribution in [0.15, 0.2) is 67.0 Å². The lowest BCUT2D eigenvalue weighted by Gasteiger charge is -2.10. The number of hydrogen-bond acceptors (Lipinski definition) is 5. The van der Waals surface area contributed by atoms with Crippen molar-refractivity contribution in [1.82, 2.24) is 15.3 Å². The Morgan fingerprint density at radius 3 is 2.70 bits per heavy atom. The number of hydrogen-bond donors (Lipinski definition) is 1. The van der Waals surface area contributed by atoms with E-state index in [0.29, 0.717) is 31.2 Å². The van der Waals surface area contributed by atoms with Crippen molar-refractivity contribution in [2.75, 3.05) is 6.61 Å². The summed E-state index contributed by atoms with van der Waals surface area (Å²) >= 11 is 0. The molecule has 0 bridgehead atoms. The second-order valence-electron chi connectivity index (χ2n) is 5.73. The quantitative estimate of drug-likeness (QED) is 0.664. The molecule has 0 atom stereocenters. The van der Waals surface area contributed by atoms with Gasteiger partial charge in [-0.15, -0.1) is 0 Å². The molecule has 0 aliphatic carbocycles. The SMILES string of the molecule is CCOc1ncccc1C(=O)NCc1cccc(OCc2ccccn2)c1. The molecule has 0 unspecified atom stereocenters. The number of ether oxygens (including phenoxy) is 2. The molecule has 2 aromatic heterocycles. The molecule has 0 spiro atoms. The van der Waals surface area contributed by atoms with Crippen LogP contribution in [0.25, 0.3) is 0 Å². The first-order chi connectivity index (χ1) is 13.3. The van der Waals surface area contributed by atoms with Crippen molar-refractivity contribution in [3.63, 3.8) is 0 Å². The molecule has 0 aliphatic rings. The predicted octanol–water partition coefficient (Wildman–Crippen LogP) is 3.38. The topological polar surface area (TPSA) is 73.3 Å². The fourth-order valence-electron chi connectivity index (χ4n) is 2.48. The molecule has 138 valence electrons. The van der Waals surface area contributed by atoms with E-state index in [1.54, 1.807) is 24.5 Å².